The summed E-state index contributed by atoms with van der Waals surface area (Å²) in [5.74, 6) is -4.41. The van der Waals surface area contributed by atoms with Crippen LogP contribution in [0.5, 0.6) is 17.6 Å². The Kier molecular flexibility index (Phi) is 5.69. The van der Waals surface area contributed by atoms with E-state index in [4.69, 9.17) is 30.5 Å². The molecule has 2 aliphatic rings. The number of nitrogens with zero attached hydrogens (tertiary/aromatic N) is 2. The van der Waals surface area contributed by atoms with Gasteiger partial charge in [-0.25, -0.2) is 13.2 Å². The first-order valence-corrected chi connectivity index (χ1v) is 10.2. The fourth-order valence-electron chi connectivity index (χ4n) is 3.80. The van der Waals surface area contributed by atoms with Crippen molar-refractivity contribution in [3.8, 4) is 17.6 Å². The maximum Gasteiger partial charge on any atom is 0.296 e. The first-order chi connectivity index (χ1) is 15.9. The van der Waals surface area contributed by atoms with E-state index in [1.165, 1.54) is 6.07 Å². The molecule has 13 heteroatoms. The van der Waals surface area contributed by atoms with Crippen LogP contribution in [0, 0.1) is 17.5 Å². The Morgan fingerprint density at radius 1 is 1.15 bits per heavy atom. The maximum absolute atomic E-state index is 14.4. The first-order valence-electron chi connectivity index (χ1n) is 9.83. The van der Waals surface area contributed by atoms with Gasteiger partial charge in [-0.1, -0.05) is 11.6 Å². The number of fused-ring (bicyclic) bond motifs is 2. The zero-order valence-electron chi connectivity index (χ0n) is 17.0. The first kappa shape index (κ1) is 22.0. The lowest BCUT2D eigenvalue weighted by molar-refractivity contribution is 0.00706. The third-order valence-corrected chi connectivity index (χ3v) is 5.67. The molecular formula is C20H17ClF3N3O6. The van der Waals surface area contributed by atoms with Crippen LogP contribution in [0.4, 0.5) is 13.2 Å². The number of rotatable bonds is 6. The summed E-state index contributed by atoms with van der Waals surface area (Å²) in [6.45, 7) is -0.249. The third kappa shape index (κ3) is 3.92. The van der Waals surface area contributed by atoms with E-state index in [0.717, 1.165) is 7.11 Å². The highest BCUT2D eigenvalue weighted by molar-refractivity contribution is 6.32. The van der Waals surface area contributed by atoms with Gasteiger partial charge >= 0.3 is 0 Å². The van der Waals surface area contributed by atoms with Gasteiger partial charge in [0.15, 0.2) is 29.1 Å². The summed E-state index contributed by atoms with van der Waals surface area (Å²) >= 11 is 6.19. The summed E-state index contributed by atoms with van der Waals surface area (Å²) < 4.78 is 68.8. The number of methoxy groups -OCH3 is 1. The van der Waals surface area contributed by atoms with E-state index in [0.29, 0.717) is 11.6 Å². The summed E-state index contributed by atoms with van der Waals surface area (Å²) in [7, 11) is 1.06. The highest BCUT2D eigenvalue weighted by atomic mass is 35.5. The lowest BCUT2D eigenvalue weighted by atomic mass is 10.1. The summed E-state index contributed by atoms with van der Waals surface area (Å²) in [6.07, 6.45) is -2.09. The number of ether oxygens (including phenoxy) is 5. The second-order valence-corrected chi connectivity index (χ2v) is 7.87. The molecule has 0 radical (unpaired) electrons. The molecule has 5 rings (SSSR count). The molecule has 3 aromatic rings. The van der Waals surface area contributed by atoms with Crippen molar-refractivity contribution in [3.05, 3.63) is 40.2 Å². The number of aliphatic hydroxyl groups excluding tert-OH is 1. The number of nitrogens with one attached hydrogen (secondary N) is 1. The third-order valence-electron chi connectivity index (χ3n) is 5.40. The largest absolute Gasteiger partial charge is 0.491 e. The van der Waals surface area contributed by atoms with E-state index in [-0.39, 0.29) is 35.8 Å². The summed E-state index contributed by atoms with van der Waals surface area (Å²) in [5.41, 5.74) is 0.0441. The smallest absolute Gasteiger partial charge is 0.296 e. The van der Waals surface area contributed by atoms with Gasteiger partial charge in [-0.3, -0.25) is 0 Å². The molecule has 0 saturated carbocycles. The van der Waals surface area contributed by atoms with Gasteiger partial charge in [-0.05, 0) is 6.07 Å². The molecule has 2 saturated heterocycles. The number of aromatic nitrogens is 3. The number of hydrogen-bond donors (Lipinski definition) is 2. The Hall–Kier alpha value is -2.80. The number of hydrogen-bond acceptors (Lipinski definition) is 8. The summed E-state index contributed by atoms with van der Waals surface area (Å²) in [4.78, 5) is 11.3. The number of benzene rings is 1. The Morgan fingerprint density at radius 3 is 2.73 bits per heavy atom. The van der Waals surface area contributed by atoms with Crippen molar-refractivity contribution in [1.82, 2.24) is 15.0 Å². The normalized spacial score (nSPS) is 24.3. The van der Waals surface area contributed by atoms with Crippen molar-refractivity contribution in [2.24, 2.45) is 0 Å². The van der Waals surface area contributed by atoms with Crippen LogP contribution in [0.3, 0.4) is 0 Å². The van der Waals surface area contributed by atoms with Crippen molar-refractivity contribution in [2.75, 3.05) is 20.3 Å². The van der Waals surface area contributed by atoms with Crippen LogP contribution in [-0.4, -0.2) is 64.8 Å². The molecule has 33 heavy (non-hydrogen) atoms. The second kappa shape index (κ2) is 8.52. The zero-order chi connectivity index (χ0) is 23.3. The van der Waals surface area contributed by atoms with E-state index in [9.17, 15) is 18.3 Å². The number of imidazole rings is 1. The average molecular weight is 488 g/mol. The number of aliphatic hydroxyl groups is 1. The highest BCUT2D eigenvalue weighted by Crippen LogP contribution is 2.32. The molecule has 4 heterocycles. The minimum atomic E-state index is -1.22. The van der Waals surface area contributed by atoms with Crippen LogP contribution in [0.25, 0.3) is 11.2 Å². The molecule has 2 aliphatic heterocycles. The molecule has 2 fully saturated rings. The van der Waals surface area contributed by atoms with E-state index >= 15 is 0 Å². The van der Waals surface area contributed by atoms with Crippen LogP contribution >= 0.6 is 11.6 Å². The predicted molar refractivity (Wildman–Crippen MR) is 106 cm³/mol. The Bertz CT molecular complexity index is 1210. The van der Waals surface area contributed by atoms with Crippen LogP contribution < -0.4 is 14.2 Å². The summed E-state index contributed by atoms with van der Waals surface area (Å²) in [6, 6.07) is 2.08. The zero-order valence-corrected chi connectivity index (χ0v) is 17.7. The molecule has 2 aromatic heterocycles. The number of pyridine rings is 1. The SMILES string of the molecule is COc1c(F)cc(F)c(COc2nc3nc(O[C@@H]4CO[C@H]5C4OC[C@H]5O)[nH]c3cc2Cl)c1F. The molecule has 0 bridgehead atoms. The van der Waals surface area contributed by atoms with E-state index in [1.54, 1.807) is 0 Å². The van der Waals surface area contributed by atoms with Crippen LogP contribution in [0.2, 0.25) is 5.02 Å². The fourth-order valence-corrected chi connectivity index (χ4v) is 4.00. The second-order valence-electron chi connectivity index (χ2n) is 7.46. The summed E-state index contributed by atoms with van der Waals surface area (Å²) in [5, 5.41) is 9.87. The van der Waals surface area contributed by atoms with E-state index in [1.807, 2.05) is 0 Å². The topological polar surface area (TPSA) is 108 Å². The molecule has 176 valence electrons. The van der Waals surface area contributed by atoms with Crippen LogP contribution in [0.15, 0.2) is 12.1 Å². The van der Waals surface area contributed by atoms with Crippen molar-refractivity contribution in [2.45, 2.75) is 31.0 Å². The molecular weight excluding hydrogens is 471 g/mol. The Balaban J connectivity index is 1.34. The molecule has 1 aromatic carbocycles. The van der Waals surface area contributed by atoms with Crippen molar-refractivity contribution >= 4 is 22.8 Å². The minimum absolute atomic E-state index is 0.0408. The van der Waals surface area contributed by atoms with Crippen LogP contribution in [-0.2, 0) is 16.1 Å². The number of H-pyrrole nitrogens is 1. The van der Waals surface area contributed by atoms with Gasteiger partial charge in [0.25, 0.3) is 6.01 Å². The van der Waals surface area contributed by atoms with Gasteiger partial charge in [0.1, 0.15) is 35.8 Å². The van der Waals surface area contributed by atoms with Crippen LogP contribution in [0.1, 0.15) is 5.56 Å². The average Bonchev–Trinajstić information content (AvgIpc) is 3.45. The van der Waals surface area contributed by atoms with Gasteiger partial charge in [0.05, 0.1) is 31.4 Å². The van der Waals surface area contributed by atoms with Crippen molar-refractivity contribution in [3.63, 3.8) is 0 Å². The van der Waals surface area contributed by atoms with E-state index in [2.05, 4.69) is 19.7 Å². The van der Waals surface area contributed by atoms with E-state index < -0.39 is 59.8 Å². The molecule has 0 aliphatic carbocycles. The standard InChI is InChI=1S/C20H17ClF3N3O6/c1-29-15-10(23)3-9(22)7(14(15)24)4-32-19-8(21)2-11-18(26-19)27-20(25-11)33-13-6-31-16-12(28)5-30-17(13)16/h2-3,12-13,16-17,28H,4-6H2,1H3,(H,25,26,27)/t12-,13-,16-,17?/m1/s1. The van der Waals surface area contributed by atoms with Crippen molar-refractivity contribution in [1.29, 1.82) is 0 Å². The van der Waals surface area contributed by atoms with Gasteiger partial charge in [-0.2, -0.15) is 9.97 Å². The molecule has 0 amide bonds. The van der Waals surface area contributed by atoms with Gasteiger partial charge in [-0.15, -0.1) is 0 Å². The molecule has 0 spiro atoms. The maximum atomic E-state index is 14.4. The van der Waals surface area contributed by atoms with Gasteiger partial charge in [0.2, 0.25) is 5.88 Å². The fraction of sp³-hybridized carbons (Fsp3) is 0.400. The lowest BCUT2D eigenvalue weighted by Gasteiger charge is -2.15. The monoisotopic (exact) mass is 487 g/mol. The van der Waals surface area contributed by atoms with Crippen molar-refractivity contribution < 1.29 is 42.0 Å². The lowest BCUT2D eigenvalue weighted by Crippen LogP contribution is -2.34. The molecule has 2 N–H and O–H groups in total. The number of halogens is 4. The highest BCUT2D eigenvalue weighted by Gasteiger charge is 2.48. The van der Waals surface area contributed by atoms with Gasteiger partial charge < -0.3 is 33.8 Å². The molecule has 4 atom stereocenters. The molecule has 9 nitrogen and oxygen atoms in total. The quantitative estimate of drug-likeness (QED) is 0.546. The Morgan fingerprint density at radius 2 is 1.94 bits per heavy atom. The number of aromatic amines is 1. The van der Waals surface area contributed by atoms with Gasteiger partial charge in [0, 0.05) is 6.07 Å². The Labute approximate surface area is 189 Å². The minimum Gasteiger partial charge on any atom is -0.491 e. The predicted octanol–water partition coefficient (Wildman–Crippen LogP) is 2.52. The molecule has 1 unspecified atom stereocenters.